The number of para-hydroxylation sites is 1. The summed E-state index contributed by atoms with van der Waals surface area (Å²) in [7, 11) is 1.65. The van der Waals surface area contributed by atoms with Crippen LogP contribution in [0.5, 0.6) is 11.5 Å². The first kappa shape index (κ1) is 16.3. The molecule has 1 atom stereocenters. The Kier molecular flexibility index (Phi) is 5.01. The number of benzene rings is 2. The number of carbonyl (C=O) groups is 1. The zero-order valence-electron chi connectivity index (χ0n) is 14.0. The first-order valence-electron chi connectivity index (χ1n) is 8.09. The fourth-order valence-corrected chi connectivity index (χ4v) is 2.75. The minimum absolute atomic E-state index is 0.0556. The number of nitrogens with one attached hydrogen (secondary N) is 2. The maximum Gasteiger partial charge on any atom is 0.179 e. The Hall–Kier alpha value is -2.53. The summed E-state index contributed by atoms with van der Waals surface area (Å²) in [6.45, 7) is 3.85. The van der Waals surface area contributed by atoms with Crippen molar-refractivity contribution in [1.82, 2.24) is 5.32 Å². The number of methoxy groups -OCH3 is 1. The van der Waals surface area contributed by atoms with Gasteiger partial charge in [0.1, 0.15) is 18.1 Å². The van der Waals surface area contributed by atoms with E-state index >= 15 is 0 Å². The van der Waals surface area contributed by atoms with Gasteiger partial charge in [-0.2, -0.15) is 0 Å². The van der Waals surface area contributed by atoms with E-state index in [1.165, 1.54) is 0 Å². The van der Waals surface area contributed by atoms with E-state index in [0.29, 0.717) is 18.7 Å². The number of hydrogen-bond acceptors (Lipinski definition) is 5. The van der Waals surface area contributed by atoms with Crippen LogP contribution in [-0.2, 0) is 6.54 Å². The summed E-state index contributed by atoms with van der Waals surface area (Å²) in [5.74, 6) is 1.67. The predicted octanol–water partition coefficient (Wildman–Crippen LogP) is 2.86. The van der Waals surface area contributed by atoms with Crippen molar-refractivity contribution in [2.24, 2.45) is 0 Å². The van der Waals surface area contributed by atoms with E-state index in [9.17, 15) is 4.79 Å². The van der Waals surface area contributed by atoms with Crippen LogP contribution >= 0.6 is 0 Å². The first-order chi connectivity index (χ1) is 11.7. The largest absolute Gasteiger partial charge is 0.496 e. The fraction of sp³-hybridized carbons (Fsp3) is 0.316. The molecule has 1 heterocycles. The summed E-state index contributed by atoms with van der Waals surface area (Å²) in [6, 6.07) is 13.0. The zero-order valence-corrected chi connectivity index (χ0v) is 14.0. The molecule has 1 aliphatic rings. The Bertz CT molecular complexity index is 730. The molecule has 0 aliphatic carbocycles. The van der Waals surface area contributed by atoms with Crippen LogP contribution in [0.3, 0.4) is 0 Å². The van der Waals surface area contributed by atoms with Crippen molar-refractivity contribution in [2.45, 2.75) is 19.5 Å². The summed E-state index contributed by atoms with van der Waals surface area (Å²) < 4.78 is 10.9. The quantitative estimate of drug-likeness (QED) is 0.800. The van der Waals surface area contributed by atoms with E-state index in [0.717, 1.165) is 29.3 Å². The van der Waals surface area contributed by atoms with Crippen molar-refractivity contribution < 1.29 is 14.3 Å². The average Bonchev–Trinajstić information content (AvgIpc) is 2.65. The number of fused-ring (bicyclic) bond motifs is 1. The highest BCUT2D eigenvalue weighted by atomic mass is 16.5. The lowest BCUT2D eigenvalue weighted by Crippen LogP contribution is -2.33. The van der Waals surface area contributed by atoms with Crippen molar-refractivity contribution in [3.05, 3.63) is 53.6 Å². The number of anilines is 1. The van der Waals surface area contributed by atoms with Crippen molar-refractivity contribution in [1.29, 1.82) is 0 Å². The molecule has 0 amide bonds. The second-order valence-electron chi connectivity index (χ2n) is 5.76. The van der Waals surface area contributed by atoms with Gasteiger partial charge in [-0.15, -0.1) is 0 Å². The third-order valence-electron chi connectivity index (χ3n) is 4.12. The van der Waals surface area contributed by atoms with Gasteiger partial charge in [-0.1, -0.05) is 18.2 Å². The number of ketones is 1. The van der Waals surface area contributed by atoms with Crippen LogP contribution in [0.25, 0.3) is 0 Å². The van der Waals surface area contributed by atoms with Crippen LogP contribution in [0.15, 0.2) is 42.5 Å². The lowest BCUT2D eigenvalue weighted by atomic mass is 10.0. The summed E-state index contributed by atoms with van der Waals surface area (Å²) in [5, 5.41) is 6.53. The van der Waals surface area contributed by atoms with Gasteiger partial charge < -0.3 is 20.1 Å². The Morgan fingerprint density at radius 1 is 1.33 bits per heavy atom. The van der Waals surface area contributed by atoms with Crippen molar-refractivity contribution >= 4 is 11.5 Å². The number of ether oxygens (including phenoxy) is 2. The molecule has 0 aromatic heterocycles. The van der Waals surface area contributed by atoms with E-state index < -0.39 is 0 Å². The molecule has 0 fully saturated rings. The highest BCUT2D eigenvalue weighted by Crippen LogP contribution is 2.28. The molecule has 126 valence electrons. The molecular formula is C19H22N2O3. The normalized spacial score (nSPS) is 14.1. The second kappa shape index (κ2) is 7.36. The predicted molar refractivity (Wildman–Crippen MR) is 94.1 cm³/mol. The molecule has 2 aromatic rings. The number of rotatable bonds is 6. The van der Waals surface area contributed by atoms with Gasteiger partial charge in [-0.05, 0) is 31.2 Å². The lowest BCUT2D eigenvalue weighted by molar-refractivity contribution is 0.0950. The second-order valence-corrected chi connectivity index (χ2v) is 5.76. The SMILES string of the molecule is COc1ccccc1CNC(C)C(=O)c1ccc2c(c1)NCCO2. The van der Waals surface area contributed by atoms with Gasteiger partial charge in [0, 0.05) is 24.2 Å². The smallest absolute Gasteiger partial charge is 0.179 e. The van der Waals surface area contributed by atoms with Gasteiger partial charge in [-0.25, -0.2) is 0 Å². The van der Waals surface area contributed by atoms with Gasteiger partial charge in [-0.3, -0.25) is 4.79 Å². The summed E-state index contributed by atoms with van der Waals surface area (Å²) >= 11 is 0. The first-order valence-corrected chi connectivity index (χ1v) is 8.09. The molecule has 5 nitrogen and oxygen atoms in total. The highest BCUT2D eigenvalue weighted by molar-refractivity contribution is 6.01. The molecule has 0 bridgehead atoms. The minimum Gasteiger partial charge on any atom is -0.496 e. The maximum absolute atomic E-state index is 12.6. The molecule has 0 saturated carbocycles. The maximum atomic E-state index is 12.6. The molecule has 2 aromatic carbocycles. The van der Waals surface area contributed by atoms with Crippen LogP contribution < -0.4 is 20.1 Å². The third-order valence-corrected chi connectivity index (χ3v) is 4.12. The lowest BCUT2D eigenvalue weighted by Gasteiger charge is -2.20. The molecule has 1 unspecified atom stereocenters. The van der Waals surface area contributed by atoms with Gasteiger partial charge in [0.25, 0.3) is 0 Å². The Morgan fingerprint density at radius 3 is 3.00 bits per heavy atom. The van der Waals surface area contributed by atoms with Crippen molar-refractivity contribution in [3.8, 4) is 11.5 Å². The number of Topliss-reactive ketones (excluding diaryl/α,β-unsaturated/α-hetero) is 1. The van der Waals surface area contributed by atoms with Crippen LogP contribution in [-0.4, -0.2) is 32.1 Å². The van der Waals surface area contributed by atoms with Crippen molar-refractivity contribution in [3.63, 3.8) is 0 Å². The molecule has 2 N–H and O–H groups in total. The fourth-order valence-electron chi connectivity index (χ4n) is 2.75. The van der Waals surface area contributed by atoms with Gasteiger partial charge in [0.05, 0.1) is 18.8 Å². The Labute approximate surface area is 142 Å². The summed E-state index contributed by atoms with van der Waals surface area (Å²) in [5.41, 5.74) is 2.58. The number of carbonyl (C=O) groups excluding carboxylic acids is 1. The topological polar surface area (TPSA) is 59.6 Å². The Morgan fingerprint density at radius 2 is 2.17 bits per heavy atom. The van der Waals surface area contributed by atoms with E-state index in [-0.39, 0.29) is 11.8 Å². The van der Waals surface area contributed by atoms with Crippen LogP contribution in [0.4, 0.5) is 5.69 Å². The number of hydrogen-bond donors (Lipinski definition) is 2. The van der Waals surface area contributed by atoms with Gasteiger partial charge >= 0.3 is 0 Å². The molecule has 3 rings (SSSR count). The third kappa shape index (κ3) is 3.51. The van der Waals surface area contributed by atoms with E-state index in [1.807, 2.05) is 49.4 Å². The molecule has 0 radical (unpaired) electrons. The van der Waals surface area contributed by atoms with E-state index in [1.54, 1.807) is 7.11 Å². The monoisotopic (exact) mass is 326 g/mol. The van der Waals surface area contributed by atoms with Crippen LogP contribution in [0, 0.1) is 0 Å². The minimum atomic E-state index is -0.294. The average molecular weight is 326 g/mol. The van der Waals surface area contributed by atoms with Gasteiger partial charge in [0.15, 0.2) is 5.78 Å². The van der Waals surface area contributed by atoms with E-state index in [4.69, 9.17) is 9.47 Å². The highest BCUT2D eigenvalue weighted by Gasteiger charge is 2.18. The van der Waals surface area contributed by atoms with Crippen molar-refractivity contribution in [2.75, 3.05) is 25.6 Å². The summed E-state index contributed by atoms with van der Waals surface area (Å²) in [6.07, 6.45) is 0. The van der Waals surface area contributed by atoms with E-state index in [2.05, 4.69) is 10.6 Å². The molecule has 5 heteroatoms. The van der Waals surface area contributed by atoms with Crippen LogP contribution in [0.1, 0.15) is 22.8 Å². The molecule has 0 spiro atoms. The molecule has 0 saturated heterocycles. The van der Waals surface area contributed by atoms with Gasteiger partial charge in [0.2, 0.25) is 0 Å². The molecule has 1 aliphatic heterocycles. The molecular weight excluding hydrogens is 304 g/mol. The standard InChI is InChI=1S/C19H22N2O3/c1-13(21-12-15-5-3-4-6-17(15)23-2)19(22)14-7-8-18-16(11-14)20-9-10-24-18/h3-8,11,13,20-21H,9-10,12H2,1-2H3. The van der Waals surface area contributed by atoms with Crippen LogP contribution in [0.2, 0.25) is 0 Å². The zero-order chi connectivity index (χ0) is 16.9. The molecule has 24 heavy (non-hydrogen) atoms. The Balaban J connectivity index is 1.66. The summed E-state index contributed by atoms with van der Waals surface area (Å²) in [4.78, 5) is 12.6.